The van der Waals surface area contributed by atoms with Crippen molar-refractivity contribution in [2.45, 2.75) is 13.2 Å². The first-order valence-electron chi connectivity index (χ1n) is 9.61. The number of aromatic nitrogens is 4. The Hall–Kier alpha value is -4.14. The summed E-state index contributed by atoms with van der Waals surface area (Å²) in [7, 11) is 2.92. The molecule has 158 valence electrons. The summed E-state index contributed by atoms with van der Waals surface area (Å²) in [5.41, 5.74) is 1.13. The Bertz CT molecular complexity index is 1350. The third-order valence-electron chi connectivity index (χ3n) is 4.92. The first kappa shape index (κ1) is 20.1. The minimum absolute atomic E-state index is 0.115. The van der Waals surface area contributed by atoms with E-state index in [-0.39, 0.29) is 23.6 Å². The third-order valence-corrected chi connectivity index (χ3v) is 4.92. The van der Waals surface area contributed by atoms with Crippen LogP contribution in [0.5, 0.6) is 5.75 Å². The van der Waals surface area contributed by atoms with Gasteiger partial charge in [0.2, 0.25) is 5.91 Å². The van der Waals surface area contributed by atoms with Crippen molar-refractivity contribution < 1.29 is 9.53 Å². The Morgan fingerprint density at radius 1 is 1.00 bits per heavy atom. The Morgan fingerprint density at radius 3 is 2.42 bits per heavy atom. The highest BCUT2D eigenvalue weighted by molar-refractivity contribution is 5.91. The maximum absolute atomic E-state index is 12.5. The average Bonchev–Trinajstić information content (AvgIpc) is 3.20. The van der Waals surface area contributed by atoms with Crippen LogP contribution in [-0.4, -0.2) is 24.6 Å². The van der Waals surface area contributed by atoms with Crippen molar-refractivity contribution in [3.63, 3.8) is 0 Å². The third kappa shape index (κ3) is 4.11. The molecule has 4 aromatic rings. The van der Waals surface area contributed by atoms with E-state index in [1.165, 1.54) is 29.6 Å². The Balaban J connectivity index is 1.43. The fraction of sp³-hybridized carbons (Fsp3) is 0.182. The van der Waals surface area contributed by atoms with E-state index in [9.17, 15) is 14.4 Å². The molecule has 1 N–H and O–H groups in total. The predicted molar refractivity (Wildman–Crippen MR) is 116 cm³/mol. The summed E-state index contributed by atoms with van der Waals surface area (Å²) in [4.78, 5) is 41.1. The lowest BCUT2D eigenvalue weighted by Gasteiger charge is -2.09. The molecule has 0 atom stereocenters. The van der Waals surface area contributed by atoms with E-state index in [0.717, 1.165) is 10.1 Å². The lowest BCUT2D eigenvalue weighted by atomic mass is 10.2. The summed E-state index contributed by atoms with van der Waals surface area (Å²) in [6, 6.07) is 16.9. The standard InChI is InChI=1S/C22H21N5O4/c1-25-20-19(21(29)26(2)22(25)30)27(14-23-20)12-18(28)24-16-8-10-17(11-9-16)31-13-15-6-4-3-5-7-15/h3-11,14H,12-13H2,1-2H3,(H,24,28). The van der Waals surface area contributed by atoms with Crippen LogP contribution in [0.1, 0.15) is 5.56 Å². The van der Waals surface area contributed by atoms with Gasteiger partial charge in [-0.15, -0.1) is 0 Å². The molecule has 9 heteroatoms. The molecule has 0 radical (unpaired) electrons. The topological polar surface area (TPSA) is 100 Å². The van der Waals surface area contributed by atoms with E-state index in [1.807, 2.05) is 30.3 Å². The molecule has 0 saturated heterocycles. The normalized spacial score (nSPS) is 10.9. The number of aryl methyl sites for hydroxylation is 1. The van der Waals surface area contributed by atoms with Gasteiger partial charge >= 0.3 is 5.69 Å². The van der Waals surface area contributed by atoms with Crippen LogP contribution in [0.4, 0.5) is 5.69 Å². The lowest BCUT2D eigenvalue weighted by Crippen LogP contribution is -2.37. The molecule has 0 spiro atoms. The summed E-state index contributed by atoms with van der Waals surface area (Å²) in [6.45, 7) is 0.341. The number of ether oxygens (including phenoxy) is 1. The van der Waals surface area contributed by atoms with Gasteiger partial charge in [-0.05, 0) is 29.8 Å². The molecule has 0 bridgehead atoms. The van der Waals surface area contributed by atoms with Gasteiger partial charge in [-0.3, -0.25) is 18.7 Å². The van der Waals surface area contributed by atoms with Gasteiger partial charge in [-0.1, -0.05) is 30.3 Å². The molecular formula is C22H21N5O4. The van der Waals surface area contributed by atoms with Crippen molar-refractivity contribution in [1.29, 1.82) is 0 Å². The molecule has 2 heterocycles. The van der Waals surface area contributed by atoms with Crippen molar-refractivity contribution >= 4 is 22.8 Å². The van der Waals surface area contributed by atoms with Gasteiger partial charge in [0, 0.05) is 19.8 Å². The van der Waals surface area contributed by atoms with Crippen LogP contribution in [0.25, 0.3) is 11.2 Å². The van der Waals surface area contributed by atoms with Gasteiger partial charge in [0.15, 0.2) is 11.2 Å². The van der Waals surface area contributed by atoms with E-state index < -0.39 is 11.2 Å². The fourth-order valence-corrected chi connectivity index (χ4v) is 3.25. The Morgan fingerprint density at radius 2 is 1.71 bits per heavy atom. The summed E-state index contributed by atoms with van der Waals surface area (Å²) in [5, 5.41) is 2.79. The van der Waals surface area contributed by atoms with Gasteiger partial charge in [0.05, 0.1) is 6.33 Å². The number of nitrogens with one attached hydrogen (secondary N) is 1. The number of carbonyl (C=O) groups excluding carboxylic acids is 1. The van der Waals surface area contributed by atoms with E-state index >= 15 is 0 Å². The number of hydrogen-bond donors (Lipinski definition) is 1. The number of imidazole rings is 1. The number of anilines is 1. The van der Waals surface area contributed by atoms with Crippen LogP contribution in [0, 0.1) is 0 Å². The number of carbonyl (C=O) groups is 1. The molecule has 0 fully saturated rings. The molecule has 0 saturated carbocycles. The number of nitrogens with zero attached hydrogens (tertiary/aromatic N) is 4. The van der Waals surface area contributed by atoms with Crippen molar-refractivity contribution in [2.75, 3.05) is 5.32 Å². The molecule has 1 amide bonds. The van der Waals surface area contributed by atoms with Crippen LogP contribution in [0.3, 0.4) is 0 Å². The van der Waals surface area contributed by atoms with E-state index in [2.05, 4.69) is 10.3 Å². The molecule has 31 heavy (non-hydrogen) atoms. The second-order valence-corrected chi connectivity index (χ2v) is 7.10. The first-order chi connectivity index (χ1) is 14.9. The quantitative estimate of drug-likeness (QED) is 0.512. The molecule has 2 aromatic carbocycles. The van der Waals surface area contributed by atoms with Crippen molar-refractivity contribution in [1.82, 2.24) is 18.7 Å². The number of rotatable bonds is 6. The minimum atomic E-state index is -0.497. The molecule has 0 aliphatic heterocycles. The molecule has 0 unspecified atom stereocenters. The summed E-state index contributed by atoms with van der Waals surface area (Å²) in [6.07, 6.45) is 1.38. The Kier molecular flexibility index (Phi) is 5.40. The second kappa shape index (κ2) is 8.31. The smallest absolute Gasteiger partial charge is 0.332 e. The van der Waals surface area contributed by atoms with Crippen molar-refractivity contribution in [2.24, 2.45) is 14.1 Å². The van der Waals surface area contributed by atoms with Gasteiger partial charge in [0.1, 0.15) is 18.9 Å². The van der Waals surface area contributed by atoms with Gasteiger partial charge < -0.3 is 14.6 Å². The highest BCUT2D eigenvalue weighted by Gasteiger charge is 2.16. The van der Waals surface area contributed by atoms with E-state index in [1.54, 1.807) is 24.3 Å². The van der Waals surface area contributed by atoms with Gasteiger partial charge in [-0.25, -0.2) is 9.78 Å². The number of hydrogen-bond acceptors (Lipinski definition) is 5. The molecule has 0 aliphatic rings. The number of benzene rings is 2. The fourth-order valence-electron chi connectivity index (χ4n) is 3.25. The van der Waals surface area contributed by atoms with Crippen LogP contribution in [0.2, 0.25) is 0 Å². The van der Waals surface area contributed by atoms with Gasteiger partial charge in [0.25, 0.3) is 5.56 Å². The molecule has 2 aromatic heterocycles. The zero-order chi connectivity index (χ0) is 22.0. The van der Waals surface area contributed by atoms with Gasteiger partial charge in [-0.2, -0.15) is 0 Å². The van der Waals surface area contributed by atoms with E-state index in [4.69, 9.17) is 4.74 Å². The van der Waals surface area contributed by atoms with Crippen LogP contribution in [-0.2, 0) is 32.0 Å². The molecule has 0 aliphatic carbocycles. The number of fused-ring (bicyclic) bond motifs is 1. The second-order valence-electron chi connectivity index (χ2n) is 7.10. The van der Waals surface area contributed by atoms with E-state index in [0.29, 0.717) is 18.0 Å². The molecule has 4 rings (SSSR count). The van der Waals surface area contributed by atoms with Crippen LogP contribution >= 0.6 is 0 Å². The monoisotopic (exact) mass is 419 g/mol. The maximum atomic E-state index is 12.5. The molecule has 9 nitrogen and oxygen atoms in total. The summed E-state index contributed by atoms with van der Waals surface area (Å²) >= 11 is 0. The van der Waals surface area contributed by atoms with Crippen LogP contribution in [0.15, 0.2) is 70.5 Å². The zero-order valence-corrected chi connectivity index (χ0v) is 17.1. The number of amides is 1. The maximum Gasteiger partial charge on any atom is 0.332 e. The Labute approximate surface area is 177 Å². The average molecular weight is 419 g/mol. The highest BCUT2D eigenvalue weighted by atomic mass is 16.5. The van der Waals surface area contributed by atoms with Crippen LogP contribution < -0.4 is 21.3 Å². The predicted octanol–water partition coefficient (Wildman–Crippen LogP) is 1.65. The van der Waals surface area contributed by atoms with Crippen molar-refractivity contribution in [3.05, 3.63) is 87.3 Å². The zero-order valence-electron chi connectivity index (χ0n) is 17.1. The summed E-state index contributed by atoms with van der Waals surface area (Å²) in [5.74, 6) is 0.361. The summed E-state index contributed by atoms with van der Waals surface area (Å²) < 4.78 is 9.44. The highest BCUT2D eigenvalue weighted by Crippen LogP contribution is 2.17. The van der Waals surface area contributed by atoms with Crippen molar-refractivity contribution in [3.8, 4) is 5.75 Å². The minimum Gasteiger partial charge on any atom is -0.489 e. The largest absolute Gasteiger partial charge is 0.489 e. The SMILES string of the molecule is Cn1c(=O)c2c(ncn2CC(=O)Nc2ccc(OCc3ccccc3)cc2)n(C)c1=O. The first-order valence-corrected chi connectivity index (χ1v) is 9.61. The molecular weight excluding hydrogens is 398 g/mol. The lowest BCUT2D eigenvalue weighted by molar-refractivity contribution is -0.116.